The number of aryl methyl sites for hydroxylation is 1. The van der Waals surface area contributed by atoms with Gasteiger partial charge in [-0.2, -0.15) is 0 Å². The van der Waals surface area contributed by atoms with Gasteiger partial charge < -0.3 is 15.4 Å². The van der Waals surface area contributed by atoms with E-state index in [-0.39, 0.29) is 4.90 Å². The molecule has 0 unspecified atom stereocenters. The van der Waals surface area contributed by atoms with Gasteiger partial charge in [0.05, 0.1) is 17.7 Å². The van der Waals surface area contributed by atoms with Crippen LogP contribution in [0, 0.1) is 6.92 Å². The average molecular weight is 380 g/mol. The molecule has 134 valence electrons. The van der Waals surface area contributed by atoms with E-state index < -0.39 is 10.0 Å². The monoisotopic (exact) mass is 379 g/mol. The van der Waals surface area contributed by atoms with Gasteiger partial charge in [-0.3, -0.25) is 0 Å². The fourth-order valence-electron chi connectivity index (χ4n) is 2.19. The van der Waals surface area contributed by atoms with Gasteiger partial charge in [0.1, 0.15) is 5.75 Å². The van der Waals surface area contributed by atoms with Crippen LogP contribution in [-0.2, 0) is 10.0 Å². The summed E-state index contributed by atoms with van der Waals surface area (Å²) >= 11 is 5.31. The number of rotatable bonds is 6. The Bertz CT molecular complexity index is 850. The van der Waals surface area contributed by atoms with Gasteiger partial charge in [0.15, 0.2) is 5.11 Å². The Morgan fingerprint density at radius 1 is 1.12 bits per heavy atom. The van der Waals surface area contributed by atoms with Crippen molar-refractivity contribution in [2.75, 3.05) is 24.3 Å². The van der Waals surface area contributed by atoms with Crippen LogP contribution in [-0.4, -0.2) is 27.2 Å². The molecule has 3 N–H and O–H groups in total. The lowest BCUT2D eigenvalue weighted by molar-refractivity contribution is 0.417. The van der Waals surface area contributed by atoms with Crippen LogP contribution in [0.5, 0.6) is 5.75 Å². The van der Waals surface area contributed by atoms with Crippen LogP contribution < -0.4 is 20.1 Å². The third kappa shape index (κ3) is 5.15. The van der Waals surface area contributed by atoms with Crippen LogP contribution >= 0.6 is 12.2 Å². The van der Waals surface area contributed by atoms with E-state index >= 15 is 0 Å². The van der Waals surface area contributed by atoms with Crippen molar-refractivity contribution in [1.82, 2.24) is 4.72 Å². The van der Waals surface area contributed by atoms with Gasteiger partial charge >= 0.3 is 0 Å². The maximum atomic E-state index is 11.9. The summed E-state index contributed by atoms with van der Waals surface area (Å²) in [6.07, 6.45) is 0. The molecule has 0 aromatic heterocycles. The molecule has 0 amide bonds. The Morgan fingerprint density at radius 3 is 2.40 bits per heavy atom. The third-order valence-electron chi connectivity index (χ3n) is 3.36. The second-order valence-electron chi connectivity index (χ2n) is 5.31. The zero-order valence-electron chi connectivity index (χ0n) is 14.3. The minimum Gasteiger partial charge on any atom is -0.495 e. The van der Waals surface area contributed by atoms with Crippen LogP contribution in [0.25, 0.3) is 0 Å². The smallest absolute Gasteiger partial charge is 0.240 e. The highest BCUT2D eigenvalue weighted by Crippen LogP contribution is 2.25. The van der Waals surface area contributed by atoms with E-state index in [0.717, 1.165) is 11.3 Å². The average Bonchev–Trinajstić information content (AvgIpc) is 2.55. The van der Waals surface area contributed by atoms with Crippen molar-refractivity contribution in [3.63, 3.8) is 0 Å². The lowest BCUT2D eigenvalue weighted by atomic mass is 10.2. The summed E-state index contributed by atoms with van der Waals surface area (Å²) < 4.78 is 31.6. The molecule has 0 fully saturated rings. The van der Waals surface area contributed by atoms with E-state index in [1.54, 1.807) is 26.2 Å². The van der Waals surface area contributed by atoms with Crippen LogP contribution in [0.2, 0.25) is 0 Å². The molecule has 0 saturated carbocycles. The molecule has 0 radical (unpaired) electrons. The summed E-state index contributed by atoms with van der Waals surface area (Å²) in [7, 11) is -1.87. The molecule has 0 heterocycles. The highest BCUT2D eigenvalue weighted by molar-refractivity contribution is 7.89. The van der Waals surface area contributed by atoms with Crippen molar-refractivity contribution < 1.29 is 13.2 Å². The molecule has 0 atom stereocenters. The zero-order chi connectivity index (χ0) is 18.4. The van der Waals surface area contributed by atoms with E-state index in [1.807, 2.05) is 25.1 Å². The Kier molecular flexibility index (Phi) is 6.35. The van der Waals surface area contributed by atoms with Crippen molar-refractivity contribution in [2.45, 2.75) is 18.7 Å². The van der Waals surface area contributed by atoms with Gasteiger partial charge in [-0.05, 0) is 61.1 Å². The van der Waals surface area contributed by atoms with Gasteiger partial charge in [0.2, 0.25) is 10.0 Å². The first-order chi connectivity index (χ1) is 11.9. The maximum Gasteiger partial charge on any atom is 0.240 e. The second-order valence-corrected chi connectivity index (χ2v) is 7.48. The molecule has 6 nitrogen and oxygen atoms in total. The Hall–Kier alpha value is -2.16. The van der Waals surface area contributed by atoms with Gasteiger partial charge in [0, 0.05) is 12.2 Å². The highest BCUT2D eigenvalue weighted by Gasteiger charge is 2.12. The summed E-state index contributed by atoms with van der Waals surface area (Å²) in [4.78, 5) is 0.208. The Labute approximate surface area is 153 Å². The molecule has 2 aromatic rings. The topological polar surface area (TPSA) is 79.5 Å². The van der Waals surface area contributed by atoms with Gasteiger partial charge in [-0.1, -0.05) is 13.0 Å². The molecule has 8 heteroatoms. The predicted molar refractivity (Wildman–Crippen MR) is 105 cm³/mol. The summed E-state index contributed by atoms with van der Waals surface area (Å²) in [6.45, 7) is 4.05. The zero-order valence-corrected chi connectivity index (χ0v) is 15.9. The van der Waals surface area contributed by atoms with Crippen molar-refractivity contribution in [3.05, 3.63) is 48.0 Å². The van der Waals surface area contributed by atoms with Crippen molar-refractivity contribution in [2.24, 2.45) is 0 Å². The fourth-order valence-corrected chi connectivity index (χ4v) is 3.46. The molecule has 2 rings (SSSR count). The Morgan fingerprint density at radius 2 is 1.80 bits per heavy atom. The summed E-state index contributed by atoms with van der Waals surface area (Å²) in [5.74, 6) is 0.682. The lowest BCUT2D eigenvalue weighted by Gasteiger charge is -2.14. The number of anilines is 2. The fraction of sp³-hybridized carbons (Fsp3) is 0.235. The minimum atomic E-state index is -3.46. The number of hydrogen-bond acceptors (Lipinski definition) is 4. The number of benzene rings is 2. The van der Waals surface area contributed by atoms with Gasteiger partial charge in [-0.15, -0.1) is 0 Å². The van der Waals surface area contributed by atoms with Crippen molar-refractivity contribution in [3.8, 4) is 5.75 Å². The maximum absolute atomic E-state index is 11.9. The van der Waals surface area contributed by atoms with E-state index in [1.165, 1.54) is 12.1 Å². The summed E-state index contributed by atoms with van der Waals surface area (Å²) in [5.41, 5.74) is 2.51. The first-order valence-corrected chi connectivity index (χ1v) is 9.57. The number of hydrogen-bond donors (Lipinski definition) is 3. The number of thiocarbonyl (C=S) groups is 1. The highest BCUT2D eigenvalue weighted by atomic mass is 32.2. The second kappa shape index (κ2) is 8.28. The number of sulfonamides is 1. The third-order valence-corrected chi connectivity index (χ3v) is 5.13. The molecule has 0 aliphatic heterocycles. The first kappa shape index (κ1) is 19.2. The lowest BCUT2D eigenvalue weighted by Crippen LogP contribution is -2.23. The molecule has 0 saturated heterocycles. The van der Waals surface area contributed by atoms with E-state index in [2.05, 4.69) is 15.4 Å². The van der Waals surface area contributed by atoms with Crippen LogP contribution in [0.15, 0.2) is 47.4 Å². The molecule has 0 spiro atoms. The van der Waals surface area contributed by atoms with Crippen molar-refractivity contribution in [1.29, 1.82) is 0 Å². The van der Waals surface area contributed by atoms with E-state index in [0.29, 0.717) is 23.1 Å². The van der Waals surface area contributed by atoms with Gasteiger partial charge in [-0.25, -0.2) is 13.1 Å². The quantitative estimate of drug-likeness (QED) is 0.670. The number of nitrogens with one attached hydrogen (secondary N) is 3. The molecule has 0 aliphatic carbocycles. The summed E-state index contributed by atoms with van der Waals surface area (Å²) in [6, 6.07) is 12.1. The SMILES string of the molecule is CCNS(=O)(=O)c1ccc(NC(=S)Nc2cc(C)ccc2OC)cc1. The van der Waals surface area contributed by atoms with Crippen LogP contribution in [0.4, 0.5) is 11.4 Å². The largest absolute Gasteiger partial charge is 0.495 e. The van der Waals surface area contributed by atoms with Crippen molar-refractivity contribution >= 4 is 38.7 Å². The summed E-state index contributed by atoms with van der Waals surface area (Å²) in [5, 5.41) is 6.48. The van der Waals surface area contributed by atoms with Crippen LogP contribution in [0.3, 0.4) is 0 Å². The van der Waals surface area contributed by atoms with Crippen LogP contribution in [0.1, 0.15) is 12.5 Å². The Balaban J connectivity index is 2.08. The predicted octanol–water partition coefficient (Wildman–Crippen LogP) is 3.11. The molecule has 0 aliphatic rings. The molecule has 2 aromatic carbocycles. The first-order valence-electron chi connectivity index (χ1n) is 7.68. The van der Waals surface area contributed by atoms with E-state index in [9.17, 15) is 8.42 Å². The normalized spacial score (nSPS) is 11.0. The molecular weight excluding hydrogens is 358 g/mol. The minimum absolute atomic E-state index is 0.208. The molecule has 0 bridgehead atoms. The molecular formula is C17H21N3O3S2. The van der Waals surface area contributed by atoms with Gasteiger partial charge in [0.25, 0.3) is 0 Å². The molecule has 25 heavy (non-hydrogen) atoms. The number of ether oxygens (including phenoxy) is 1. The number of methoxy groups -OCH3 is 1. The standard InChI is InChI=1S/C17H21N3O3S2/c1-4-18-25(21,22)14-8-6-13(7-9-14)19-17(24)20-15-11-12(2)5-10-16(15)23-3/h5-11,18H,4H2,1-3H3,(H2,19,20,24). The van der Waals surface area contributed by atoms with E-state index in [4.69, 9.17) is 17.0 Å².